The van der Waals surface area contributed by atoms with E-state index in [0.29, 0.717) is 6.04 Å². The molecule has 2 aliphatic rings. The van der Waals surface area contributed by atoms with Crippen molar-refractivity contribution in [3.8, 4) is 0 Å². The minimum atomic E-state index is 0.684. The van der Waals surface area contributed by atoms with Crippen LogP contribution < -0.4 is 10.6 Å². The summed E-state index contributed by atoms with van der Waals surface area (Å²) >= 11 is 0. The monoisotopic (exact) mass is 225 g/mol. The van der Waals surface area contributed by atoms with Crippen molar-refractivity contribution in [2.45, 2.75) is 57.2 Å². The van der Waals surface area contributed by atoms with Crippen molar-refractivity contribution in [2.24, 2.45) is 0 Å². The molecule has 0 aromatic heterocycles. The lowest BCUT2D eigenvalue weighted by atomic mass is 10.1. The van der Waals surface area contributed by atoms with E-state index in [0.717, 1.165) is 18.6 Å². The van der Waals surface area contributed by atoms with Gasteiger partial charge in [-0.3, -0.25) is 4.90 Å². The first-order valence-electron chi connectivity index (χ1n) is 6.93. The zero-order valence-electron chi connectivity index (χ0n) is 10.8. The Morgan fingerprint density at radius 3 is 2.81 bits per heavy atom. The lowest BCUT2D eigenvalue weighted by Gasteiger charge is -2.27. The molecular formula is C13H27N3. The molecule has 1 aliphatic carbocycles. The van der Waals surface area contributed by atoms with E-state index in [9.17, 15) is 0 Å². The van der Waals surface area contributed by atoms with Crippen molar-refractivity contribution in [2.75, 3.05) is 26.7 Å². The number of likely N-dealkylation sites (N-methyl/N-ethyl adjacent to an activating group) is 1. The molecule has 0 aromatic rings. The SMILES string of the molecule is CC(CNC1CCCNCC1)N(C)C1CC1. The smallest absolute Gasteiger partial charge is 0.0192 e. The van der Waals surface area contributed by atoms with Crippen LogP contribution in [-0.2, 0) is 0 Å². The predicted molar refractivity (Wildman–Crippen MR) is 68.8 cm³/mol. The van der Waals surface area contributed by atoms with Crippen LogP contribution in [0.5, 0.6) is 0 Å². The number of rotatable bonds is 5. The van der Waals surface area contributed by atoms with Gasteiger partial charge >= 0.3 is 0 Å². The number of nitrogens with one attached hydrogen (secondary N) is 2. The van der Waals surface area contributed by atoms with Gasteiger partial charge in [0, 0.05) is 24.7 Å². The fraction of sp³-hybridized carbons (Fsp3) is 1.00. The number of nitrogens with zero attached hydrogens (tertiary/aromatic N) is 1. The molecule has 1 aliphatic heterocycles. The second-order valence-electron chi connectivity index (χ2n) is 5.53. The van der Waals surface area contributed by atoms with Crippen molar-refractivity contribution in [3.63, 3.8) is 0 Å². The van der Waals surface area contributed by atoms with Gasteiger partial charge in [-0.1, -0.05) is 0 Å². The molecule has 1 saturated heterocycles. The predicted octanol–water partition coefficient (Wildman–Crippen LogP) is 1.20. The molecule has 16 heavy (non-hydrogen) atoms. The van der Waals surface area contributed by atoms with Gasteiger partial charge in [-0.05, 0) is 59.2 Å². The van der Waals surface area contributed by atoms with Crippen LogP contribution in [-0.4, -0.2) is 49.7 Å². The van der Waals surface area contributed by atoms with Gasteiger partial charge in [0.2, 0.25) is 0 Å². The van der Waals surface area contributed by atoms with Crippen molar-refractivity contribution >= 4 is 0 Å². The Labute approximate surface area is 100.0 Å². The topological polar surface area (TPSA) is 27.3 Å². The summed E-state index contributed by atoms with van der Waals surface area (Å²) in [6, 6.07) is 2.31. The first-order valence-corrected chi connectivity index (χ1v) is 6.93. The van der Waals surface area contributed by atoms with Crippen molar-refractivity contribution in [3.05, 3.63) is 0 Å². The summed E-state index contributed by atoms with van der Waals surface area (Å²) < 4.78 is 0. The second kappa shape index (κ2) is 5.99. The van der Waals surface area contributed by atoms with Gasteiger partial charge in [0.25, 0.3) is 0 Å². The van der Waals surface area contributed by atoms with Gasteiger partial charge < -0.3 is 10.6 Å². The molecule has 2 N–H and O–H groups in total. The molecule has 3 nitrogen and oxygen atoms in total. The Kier molecular flexibility index (Phi) is 4.62. The Balaban J connectivity index is 1.64. The van der Waals surface area contributed by atoms with Gasteiger partial charge in [0.15, 0.2) is 0 Å². The molecule has 2 rings (SSSR count). The third-order valence-electron chi connectivity index (χ3n) is 4.10. The maximum atomic E-state index is 3.74. The highest BCUT2D eigenvalue weighted by atomic mass is 15.2. The standard InChI is InChI=1S/C13H27N3/c1-11(16(2)13-5-6-13)10-15-12-4-3-8-14-9-7-12/h11-15H,3-10H2,1-2H3. The van der Waals surface area contributed by atoms with E-state index in [2.05, 4.69) is 29.5 Å². The van der Waals surface area contributed by atoms with E-state index < -0.39 is 0 Å². The van der Waals surface area contributed by atoms with Crippen LogP contribution >= 0.6 is 0 Å². The van der Waals surface area contributed by atoms with Gasteiger partial charge in [-0.25, -0.2) is 0 Å². The highest BCUT2D eigenvalue weighted by molar-refractivity contribution is 4.86. The first kappa shape index (κ1) is 12.3. The average Bonchev–Trinajstić information content (AvgIpc) is 3.11. The normalized spacial score (nSPS) is 29.1. The average molecular weight is 225 g/mol. The molecule has 94 valence electrons. The first-order chi connectivity index (χ1) is 7.77. The molecule has 0 radical (unpaired) electrons. The van der Waals surface area contributed by atoms with E-state index in [1.54, 1.807) is 0 Å². The van der Waals surface area contributed by atoms with Crippen LogP contribution in [0.3, 0.4) is 0 Å². The molecule has 2 atom stereocenters. The highest BCUT2D eigenvalue weighted by Crippen LogP contribution is 2.26. The van der Waals surface area contributed by atoms with Crippen LogP contribution in [0.2, 0.25) is 0 Å². The summed E-state index contributed by atoms with van der Waals surface area (Å²) in [5.41, 5.74) is 0. The molecule has 3 heteroatoms. The summed E-state index contributed by atoms with van der Waals surface area (Å²) in [6.07, 6.45) is 6.78. The van der Waals surface area contributed by atoms with E-state index in [-0.39, 0.29) is 0 Å². The quantitative estimate of drug-likeness (QED) is 0.736. The van der Waals surface area contributed by atoms with Crippen LogP contribution in [0.25, 0.3) is 0 Å². The van der Waals surface area contributed by atoms with Crippen LogP contribution in [0.15, 0.2) is 0 Å². The minimum absolute atomic E-state index is 0.684. The van der Waals surface area contributed by atoms with Gasteiger partial charge in [0.1, 0.15) is 0 Å². The van der Waals surface area contributed by atoms with Crippen molar-refractivity contribution in [1.29, 1.82) is 0 Å². The Hall–Kier alpha value is -0.120. The van der Waals surface area contributed by atoms with Gasteiger partial charge in [-0.2, -0.15) is 0 Å². The summed E-state index contributed by atoms with van der Waals surface area (Å²) in [5.74, 6) is 0. The van der Waals surface area contributed by atoms with Crippen molar-refractivity contribution < 1.29 is 0 Å². The molecule has 0 bridgehead atoms. The zero-order chi connectivity index (χ0) is 11.4. The largest absolute Gasteiger partial charge is 0.317 e. The third-order valence-corrected chi connectivity index (χ3v) is 4.10. The summed E-state index contributed by atoms with van der Waals surface area (Å²) in [7, 11) is 2.28. The van der Waals surface area contributed by atoms with E-state index in [1.807, 2.05) is 0 Å². The number of hydrogen-bond donors (Lipinski definition) is 2. The lowest BCUT2D eigenvalue weighted by Crippen LogP contribution is -2.42. The Morgan fingerprint density at radius 2 is 2.06 bits per heavy atom. The molecule has 0 spiro atoms. The molecule has 0 amide bonds. The summed E-state index contributed by atoms with van der Waals surface area (Å²) in [4.78, 5) is 2.54. The van der Waals surface area contributed by atoms with Crippen molar-refractivity contribution in [1.82, 2.24) is 15.5 Å². The Morgan fingerprint density at radius 1 is 1.25 bits per heavy atom. The Bertz CT molecular complexity index is 193. The number of hydrogen-bond acceptors (Lipinski definition) is 3. The fourth-order valence-corrected chi connectivity index (χ4v) is 2.55. The molecule has 2 fully saturated rings. The molecule has 1 saturated carbocycles. The van der Waals surface area contributed by atoms with Crippen LogP contribution in [0.4, 0.5) is 0 Å². The van der Waals surface area contributed by atoms with E-state index >= 15 is 0 Å². The van der Waals surface area contributed by atoms with Gasteiger partial charge in [0.05, 0.1) is 0 Å². The maximum absolute atomic E-state index is 3.74. The second-order valence-corrected chi connectivity index (χ2v) is 5.53. The highest BCUT2D eigenvalue weighted by Gasteiger charge is 2.29. The summed E-state index contributed by atoms with van der Waals surface area (Å²) in [5, 5.41) is 7.21. The molecule has 2 unspecified atom stereocenters. The zero-order valence-corrected chi connectivity index (χ0v) is 10.8. The van der Waals surface area contributed by atoms with Crippen LogP contribution in [0, 0.1) is 0 Å². The van der Waals surface area contributed by atoms with Crippen LogP contribution in [0.1, 0.15) is 39.0 Å². The third kappa shape index (κ3) is 3.72. The molecule has 1 heterocycles. The van der Waals surface area contributed by atoms with E-state index in [4.69, 9.17) is 0 Å². The maximum Gasteiger partial charge on any atom is 0.0192 e. The molecular weight excluding hydrogens is 198 g/mol. The summed E-state index contributed by atoms with van der Waals surface area (Å²) in [6.45, 7) is 5.89. The fourth-order valence-electron chi connectivity index (χ4n) is 2.55. The van der Waals surface area contributed by atoms with E-state index in [1.165, 1.54) is 45.2 Å². The lowest BCUT2D eigenvalue weighted by molar-refractivity contribution is 0.233. The van der Waals surface area contributed by atoms with Gasteiger partial charge in [-0.15, -0.1) is 0 Å². The minimum Gasteiger partial charge on any atom is -0.317 e. The molecule has 0 aromatic carbocycles.